The van der Waals surface area contributed by atoms with Crippen molar-refractivity contribution in [2.45, 2.75) is 17.7 Å². The highest BCUT2D eigenvalue weighted by Gasteiger charge is 2.04. The minimum absolute atomic E-state index is 0.763. The van der Waals surface area contributed by atoms with Gasteiger partial charge in [0.25, 0.3) is 0 Å². The molecule has 2 nitrogen and oxygen atoms in total. The lowest BCUT2D eigenvalue weighted by Gasteiger charge is -2.05. The van der Waals surface area contributed by atoms with Crippen LogP contribution in [0.3, 0.4) is 0 Å². The summed E-state index contributed by atoms with van der Waals surface area (Å²) in [5, 5.41) is 10.3. The first kappa shape index (κ1) is 15.1. The summed E-state index contributed by atoms with van der Waals surface area (Å²) in [6, 6.07) is 20.1. The molecule has 110 valence electrons. The molecule has 0 radical (unpaired) electrons. The number of benzene rings is 2. The van der Waals surface area contributed by atoms with Gasteiger partial charge in [0.1, 0.15) is 5.03 Å². The van der Waals surface area contributed by atoms with E-state index in [1.165, 1.54) is 11.1 Å². The summed E-state index contributed by atoms with van der Waals surface area (Å²) in [7, 11) is 0. The zero-order valence-electron chi connectivity index (χ0n) is 12.2. The first-order valence-corrected chi connectivity index (χ1v) is 8.36. The Balaban J connectivity index is 1.71. The van der Waals surface area contributed by atoms with E-state index in [0.717, 1.165) is 27.1 Å². The van der Waals surface area contributed by atoms with Gasteiger partial charge in [-0.05, 0) is 42.3 Å². The SMILES string of the molecule is Cc1ccccc1-c1ccc(SCc2cccc(Cl)c2)nn1. The fourth-order valence-corrected chi connectivity index (χ4v) is 3.15. The van der Waals surface area contributed by atoms with Crippen LogP contribution in [0.4, 0.5) is 0 Å². The second-order valence-electron chi connectivity index (χ2n) is 4.99. The highest BCUT2D eigenvalue weighted by molar-refractivity contribution is 7.98. The lowest BCUT2D eigenvalue weighted by molar-refractivity contribution is 0.934. The fraction of sp³-hybridized carbons (Fsp3) is 0.111. The number of halogens is 1. The Labute approximate surface area is 139 Å². The second kappa shape index (κ2) is 6.95. The van der Waals surface area contributed by atoms with Gasteiger partial charge < -0.3 is 0 Å². The van der Waals surface area contributed by atoms with Gasteiger partial charge in [-0.25, -0.2) is 0 Å². The molecular weight excluding hydrogens is 312 g/mol. The fourth-order valence-electron chi connectivity index (χ4n) is 2.18. The molecule has 0 spiro atoms. The third kappa shape index (κ3) is 3.67. The number of aromatic nitrogens is 2. The average Bonchev–Trinajstić information content (AvgIpc) is 2.54. The van der Waals surface area contributed by atoms with Crippen LogP contribution in [-0.4, -0.2) is 10.2 Å². The van der Waals surface area contributed by atoms with E-state index < -0.39 is 0 Å². The van der Waals surface area contributed by atoms with Crippen molar-refractivity contribution in [2.24, 2.45) is 0 Å². The number of rotatable bonds is 4. The number of thioether (sulfide) groups is 1. The monoisotopic (exact) mass is 326 g/mol. The standard InChI is InChI=1S/C18H15ClN2S/c1-13-5-2-3-8-16(13)17-9-10-18(21-20-17)22-12-14-6-4-7-15(19)11-14/h2-11H,12H2,1H3. The Morgan fingerprint density at radius 1 is 0.955 bits per heavy atom. The molecule has 2 aromatic carbocycles. The quantitative estimate of drug-likeness (QED) is 0.600. The highest BCUT2D eigenvalue weighted by Crippen LogP contribution is 2.25. The summed E-state index contributed by atoms with van der Waals surface area (Å²) >= 11 is 7.65. The van der Waals surface area contributed by atoms with Crippen LogP contribution in [0.1, 0.15) is 11.1 Å². The predicted molar refractivity (Wildman–Crippen MR) is 93.2 cm³/mol. The van der Waals surface area contributed by atoms with Crippen molar-refractivity contribution in [3.63, 3.8) is 0 Å². The first-order chi connectivity index (χ1) is 10.7. The van der Waals surface area contributed by atoms with Gasteiger partial charge in [0, 0.05) is 16.3 Å². The van der Waals surface area contributed by atoms with E-state index in [4.69, 9.17) is 11.6 Å². The Bertz CT molecular complexity index is 772. The molecule has 22 heavy (non-hydrogen) atoms. The topological polar surface area (TPSA) is 25.8 Å². The number of aryl methyl sites for hydroxylation is 1. The largest absolute Gasteiger partial charge is 0.149 e. The molecule has 1 aromatic heterocycles. The van der Waals surface area contributed by atoms with Gasteiger partial charge >= 0.3 is 0 Å². The van der Waals surface area contributed by atoms with Crippen molar-refractivity contribution in [3.05, 3.63) is 76.8 Å². The third-order valence-corrected chi connectivity index (χ3v) is 4.56. The predicted octanol–water partition coefficient (Wildman–Crippen LogP) is 5.40. The minimum atomic E-state index is 0.763. The molecule has 0 aliphatic carbocycles. The van der Waals surface area contributed by atoms with E-state index in [9.17, 15) is 0 Å². The Kier molecular flexibility index (Phi) is 4.76. The molecule has 3 rings (SSSR count). The van der Waals surface area contributed by atoms with E-state index in [1.54, 1.807) is 11.8 Å². The van der Waals surface area contributed by atoms with Crippen LogP contribution < -0.4 is 0 Å². The van der Waals surface area contributed by atoms with Crippen LogP contribution in [0, 0.1) is 6.92 Å². The van der Waals surface area contributed by atoms with E-state index in [-0.39, 0.29) is 0 Å². The summed E-state index contributed by atoms with van der Waals surface area (Å²) in [5.74, 6) is 0.832. The molecule has 0 aliphatic rings. The molecule has 0 saturated heterocycles. The van der Waals surface area contributed by atoms with Gasteiger partial charge in [0.05, 0.1) is 5.69 Å². The second-order valence-corrected chi connectivity index (χ2v) is 6.42. The van der Waals surface area contributed by atoms with Crippen LogP contribution in [0.25, 0.3) is 11.3 Å². The summed E-state index contributed by atoms with van der Waals surface area (Å²) in [5.41, 5.74) is 4.42. The minimum Gasteiger partial charge on any atom is -0.149 e. The van der Waals surface area contributed by atoms with Crippen LogP contribution in [0.5, 0.6) is 0 Å². The molecule has 0 aliphatic heterocycles. The Morgan fingerprint density at radius 3 is 2.55 bits per heavy atom. The molecular formula is C18H15ClN2S. The molecule has 0 amide bonds. The van der Waals surface area contributed by atoms with E-state index in [1.807, 2.05) is 42.5 Å². The molecule has 0 atom stereocenters. The van der Waals surface area contributed by atoms with Crippen LogP contribution in [0.2, 0.25) is 5.02 Å². The molecule has 0 N–H and O–H groups in total. The van der Waals surface area contributed by atoms with E-state index in [2.05, 4.69) is 35.3 Å². The Morgan fingerprint density at radius 2 is 1.82 bits per heavy atom. The van der Waals surface area contributed by atoms with Crippen molar-refractivity contribution >= 4 is 23.4 Å². The lowest BCUT2D eigenvalue weighted by Crippen LogP contribution is -1.91. The zero-order chi connectivity index (χ0) is 15.4. The third-order valence-electron chi connectivity index (χ3n) is 3.34. The molecule has 1 heterocycles. The van der Waals surface area contributed by atoms with Crippen LogP contribution >= 0.6 is 23.4 Å². The highest BCUT2D eigenvalue weighted by atomic mass is 35.5. The maximum absolute atomic E-state index is 5.99. The lowest BCUT2D eigenvalue weighted by atomic mass is 10.1. The van der Waals surface area contributed by atoms with Gasteiger partial charge in [-0.15, -0.1) is 10.2 Å². The molecule has 0 unspecified atom stereocenters. The average molecular weight is 327 g/mol. The van der Waals surface area contributed by atoms with Crippen molar-refractivity contribution in [3.8, 4) is 11.3 Å². The van der Waals surface area contributed by atoms with Crippen LogP contribution in [0.15, 0.2) is 65.7 Å². The van der Waals surface area contributed by atoms with Crippen molar-refractivity contribution < 1.29 is 0 Å². The molecule has 4 heteroatoms. The maximum atomic E-state index is 5.99. The van der Waals surface area contributed by atoms with Crippen molar-refractivity contribution in [1.29, 1.82) is 0 Å². The van der Waals surface area contributed by atoms with Gasteiger partial charge in [-0.3, -0.25) is 0 Å². The van der Waals surface area contributed by atoms with Crippen molar-refractivity contribution in [2.75, 3.05) is 0 Å². The first-order valence-electron chi connectivity index (χ1n) is 6.99. The molecule has 3 aromatic rings. The van der Waals surface area contributed by atoms with Crippen molar-refractivity contribution in [1.82, 2.24) is 10.2 Å². The smallest absolute Gasteiger partial charge is 0.119 e. The summed E-state index contributed by atoms with van der Waals surface area (Å²) in [6.07, 6.45) is 0. The van der Waals surface area contributed by atoms with Gasteiger partial charge in [-0.2, -0.15) is 0 Å². The molecule has 0 fully saturated rings. The normalized spacial score (nSPS) is 10.6. The Hall–Kier alpha value is -1.84. The maximum Gasteiger partial charge on any atom is 0.119 e. The summed E-state index contributed by atoms with van der Waals surface area (Å²) in [4.78, 5) is 0. The summed E-state index contributed by atoms with van der Waals surface area (Å²) in [6.45, 7) is 2.08. The summed E-state index contributed by atoms with van der Waals surface area (Å²) < 4.78 is 0. The van der Waals surface area contributed by atoms with E-state index >= 15 is 0 Å². The van der Waals surface area contributed by atoms with Gasteiger partial charge in [0.15, 0.2) is 0 Å². The van der Waals surface area contributed by atoms with Gasteiger partial charge in [0.2, 0.25) is 0 Å². The number of nitrogens with zero attached hydrogens (tertiary/aromatic N) is 2. The van der Waals surface area contributed by atoms with Crippen LogP contribution in [-0.2, 0) is 5.75 Å². The van der Waals surface area contributed by atoms with E-state index in [0.29, 0.717) is 0 Å². The molecule has 0 bridgehead atoms. The molecule has 0 saturated carbocycles. The zero-order valence-corrected chi connectivity index (χ0v) is 13.7. The number of hydrogen-bond acceptors (Lipinski definition) is 3. The number of hydrogen-bond donors (Lipinski definition) is 0. The van der Waals surface area contributed by atoms with Gasteiger partial charge in [-0.1, -0.05) is 59.8 Å².